The van der Waals surface area contributed by atoms with Gasteiger partial charge in [-0.25, -0.2) is 9.48 Å². The SMILES string of the molecule is CCOC(n1ncc2ccc(C(=O)OC)cc21)[Si](C)(C)C. The first kappa shape index (κ1) is 15.7. The van der Waals surface area contributed by atoms with Crippen LogP contribution in [0.1, 0.15) is 23.1 Å². The highest BCUT2D eigenvalue weighted by Gasteiger charge is 2.30. The predicted molar refractivity (Wildman–Crippen MR) is 85.1 cm³/mol. The number of hydrogen-bond donors (Lipinski definition) is 0. The standard InChI is InChI=1S/C15H22N2O3Si/c1-6-20-15(21(3,4)5)17-13-9-11(14(18)19-2)7-8-12(13)10-16-17/h7-10,15H,6H2,1-5H3. The number of ether oxygens (including phenoxy) is 2. The van der Waals surface area contributed by atoms with Crippen LogP contribution in [0.25, 0.3) is 10.9 Å². The molecule has 1 unspecified atom stereocenters. The van der Waals surface area contributed by atoms with Crippen LogP contribution in [0.4, 0.5) is 0 Å². The molecule has 0 spiro atoms. The van der Waals surface area contributed by atoms with E-state index in [0.29, 0.717) is 12.2 Å². The minimum absolute atomic E-state index is 0.0621. The molecule has 0 amide bonds. The van der Waals surface area contributed by atoms with Crippen molar-refractivity contribution < 1.29 is 14.3 Å². The number of hydrogen-bond acceptors (Lipinski definition) is 4. The predicted octanol–water partition coefficient (Wildman–Crippen LogP) is 3.24. The average molecular weight is 306 g/mol. The lowest BCUT2D eigenvalue weighted by molar-refractivity contribution is 0.0577. The van der Waals surface area contributed by atoms with Crippen LogP contribution in [0.2, 0.25) is 19.6 Å². The fraction of sp³-hybridized carbons (Fsp3) is 0.467. The molecule has 2 aromatic rings. The van der Waals surface area contributed by atoms with E-state index in [1.807, 2.05) is 29.9 Å². The lowest BCUT2D eigenvalue weighted by atomic mass is 10.2. The van der Waals surface area contributed by atoms with Crippen molar-refractivity contribution in [2.45, 2.75) is 32.4 Å². The first-order chi connectivity index (χ1) is 9.88. The Bertz CT molecular complexity index is 646. The van der Waals surface area contributed by atoms with Crippen molar-refractivity contribution in [2.24, 2.45) is 0 Å². The van der Waals surface area contributed by atoms with Crippen LogP contribution in [0.3, 0.4) is 0 Å². The van der Waals surface area contributed by atoms with Crippen molar-refractivity contribution in [2.75, 3.05) is 13.7 Å². The molecule has 6 heteroatoms. The van der Waals surface area contributed by atoms with Crippen molar-refractivity contribution in [1.82, 2.24) is 9.78 Å². The maximum absolute atomic E-state index is 11.7. The first-order valence-electron chi connectivity index (χ1n) is 7.05. The van der Waals surface area contributed by atoms with Crippen LogP contribution in [0.5, 0.6) is 0 Å². The molecule has 1 heterocycles. The average Bonchev–Trinajstić information content (AvgIpc) is 2.85. The molecule has 0 aliphatic rings. The molecular weight excluding hydrogens is 284 g/mol. The van der Waals surface area contributed by atoms with Gasteiger partial charge >= 0.3 is 5.97 Å². The van der Waals surface area contributed by atoms with Gasteiger partial charge in [-0.2, -0.15) is 5.10 Å². The quantitative estimate of drug-likeness (QED) is 0.628. The van der Waals surface area contributed by atoms with Crippen LogP contribution >= 0.6 is 0 Å². The zero-order valence-corrected chi connectivity index (χ0v) is 14.2. The highest BCUT2D eigenvalue weighted by atomic mass is 28.3. The summed E-state index contributed by atoms with van der Waals surface area (Å²) in [6.07, 6.45) is 1.81. The second-order valence-corrected chi connectivity index (χ2v) is 11.3. The molecule has 1 aromatic heterocycles. The summed E-state index contributed by atoms with van der Waals surface area (Å²) in [6, 6.07) is 5.46. The van der Waals surface area contributed by atoms with E-state index in [0.717, 1.165) is 10.9 Å². The lowest BCUT2D eigenvalue weighted by Crippen LogP contribution is -2.37. The number of fused-ring (bicyclic) bond motifs is 1. The van der Waals surface area contributed by atoms with Gasteiger partial charge in [-0.1, -0.05) is 25.7 Å². The Balaban J connectivity index is 2.55. The van der Waals surface area contributed by atoms with E-state index in [2.05, 4.69) is 24.7 Å². The Hall–Kier alpha value is -1.66. The molecule has 0 saturated heterocycles. The topological polar surface area (TPSA) is 53.4 Å². The minimum Gasteiger partial charge on any atom is -0.465 e. The summed E-state index contributed by atoms with van der Waals surface area (Å²) in [5.41, 5.74) is 1.43. The Kier molecular flexibility index (Phi) is 4.48. The summed E-state index contributed by atoms with van der Waals surface area (Å²) in [6.45, 7) is 9.34. The lowest BCUT2D eigenvalue weighted by Gasteiger charge is -2.29. The van der Waals surface area contributed by atoms with Gasteiger partial charge in [-0.15, -0.1) is 0 Å². The van der Waals surface area contributed by atoms with E-state index >= 15 is 0 Å². The van der Waals surface area contributed by atoms with Gasteiger partial charge in [0.05, 0.1) is 24.4 Å². The Morgan fingerprint density at radius 1 is 1.38 bits per heavy atom. The third kappa shape index (κ3) is 3.16. The van der Waals surface area contributed by atoms with Gasteiger partial charge in [0.1, 0.15) is 13.9 Å². The summed E-state index contributed by atoms with van der Waals surface area (Å²) < 4.78 is 12.6. The van der Waals surface area contributed by atoms with Gasteiger partial charge in [0.2, 0.25) is 0 Å². The molecule has 0 aliphatic carbocycles. The highest BCUT2D eigenvalue weighted by molar-refractivity contribution is 6.76. The molecule has 0 saturated carbocycles. The smallest absolute Gasteiger partial charge is 0.337 e. The molecule has 2 rings (SSSR count). The van der Waals surface area contributed by atoms with Crippen LogP contribution in [0.15, 0.2) is 24.4 Å². The van der Waals surface area contributed by atoms with E-state index in [4.69, 9.17) is 9.47 Å². The maximum atomic E-state index is 11.7. The number of carbonyl (C=O) groups excluding carboxylic acids is 1. The molecule has 0 radical (unpaired) electrons. The van der Waals surface area contributed by atoms with E-state index in [1.54, 1.807) is 6.07 Å². The number of carbonyl (C=O) groups is 1. The number of rotatable bonds is 5. The zero-order valence-electron chi connectivity index (χ0n) is 13.2. The summed E-state index contributed by atoms with van der Waals surface area (Å²) in [5, 5.41) is 5.47. The number of methoxy groups -OCH3 is 1. The molecular formula is C15H22N2O3Si. The summed E-state index contributed by atoms with van der Waals surface area (Å²) in [7, 11) is -0.236. The molecule has 1 atom stereocenters. The van der Waals surface area contributed by atoms with Crippen LogP contribution in [-0.2, 0) is 9.47 Å². The summed E-state index contributed by atoms with van der Waals surface area (Å²) in [4.78, 5) is 11.7. The Morgan fingerprint density at radius 2 is 2.10 bits per heavy atom. The number of nitrogens with zero attached hydrogens (tertiary/aromatic N) is 2. The van der Waals surface area contributed by atoms with Crippen molar-refractivity contribution >= 4 is 24.9 Å². The molecule has 0 fully saturated rings. The maximum Gasteiger partial charge on any atom is 0.337 e. The number of benzene rings is 1. The fourth-order valence-corrected chi connectivity index (χ4v) is 3.92. The molecule has 21 heavy (non-hydrogen) atoms. The van der Waals surface area contributed by atoms with E-state index < -0.39 is 8.07 Å². The van der Waals surface area contributed by atoms with Crippen LogP contribution in [-0.4, -0.2) is 37.5 Å². The van der Waals surface area contributed by atoms with Gasteiger partial charge in [0.25, 0.3) is 0 Å². The number of esters is 1. The van der Waals surface area contributed by atoms with Crippen molar-refractivity contribution in [3.63, 3.8) is 0 Å². The fourth-order valence-electron chi connectivity index (χ4n) is 2.31. The van der Waals surface area contributed by atoms with Crippen molar-refractivity contribution in [3.8, 4) is 0 Å². The molecule has 0 bridgehead atoms. The van der Waals surface area contributed by atoms with Crippen molar-refractivity contribution in [3.05, 3.63) is 30.0 Å². The van der Waals surface area contributed by atoms with Gasteiger partial charge in [0, 0.05) is 12.0 Å². The number of aromatic nitrogens is 2. The molecule has 114 valence electrons. The zero-order chi connectivity index (χ0) is 15.6. The Morgan fingerprint density at radius 3 is 2.67 bits per heavy atom. The third-order valence-corrected chi connectivity index (χ3v) is 5.20. The van der Waals surface area contributed by atoms with Gasteiger partial charge < -0.3 is 9.47 Å². The highest BCUT2D eigenvalue weighted by Crippen LogP contribution is 2.27. The van der Waals surface area contributed by atoms with E-state index in [9.17, 15) is 4.79 Å². The second kappa shape index (κ2) is 5.99. The van der Waals surface area contributed by atoms with E-state index in [1.165, 1.54) is 7.11 Å². The normalized spacial score (nSPS) is 13.4. The molecule has 0 aliphatic heterocycles. The third-order valence-electron chi connectivity index (χ3n) is 3.31. The largest absolute Gasteiger partial charge is 0.465 e. The minimum atomic E-state index is -1.62. The van der Waals surface area contributed by atoms with E-state index in [-0.39, 0.29) is 11.8 Å². The summed E-state index contributed by atoms with van der Waals surface area (Å²) in [5.74, 6) is -0.404. The summed E-state index contributed by atoms with van der Waals surface area (Å²) >= 11 is 0. The van der Waals surface area contributed by atoms with Crippen LogP contribution in [0, 0.1) is 0 Å². The molecule has 0 N–H and O–H groups in total. The van der Waals surface area contributed by atoms with Gasteiger partial charge in [-0.3, -0.25) is 0 Å². The Labute approximate surface area is 125 Å². The first-order valence-corrected chi connectivity index (χ1v) is 10.6. The second-order valence-electron chi connectivity index (χ2n) is 6.03. The van der Waals surface area contributed by atoms with Gasteiger partial charge in [-0.05, 0) is 19.1 Å². The van der Waals surface area contributed by atoms with Crippen LogP contribution < -0.4 is 0 Å². The van der Waals surface area contributed by atoms with Crippen molar-refractivity contribution in [1.29, 1.82) is 0 Å². The monoisotopic (exact) mass is 306 g/mol. The molecule has 5 nitrogen and oxygen atoms in total. The molecule has 1 aromatic carbocycles. The van der Waals surface area contributed by atoms with Gasteiger partial charge in [0.15, 0.2) is 0 Å².